The Morgan fingerprint density at radius 2 is 1.85 bits per heavy atom. The molecule has 1 saturated heterocycles. The lowest BCUT2D eigenvalue weighted by molar-refractivity contribution is -0.148. The summed E-state index contributed by atoms with van der Waals surface area (Å²) in [4.78, 5) is 37.2. The molecule has 2 aromatic rings. The van der Waals surface area contributed by atoms with Gasteiger partial charge in [0.1, 0.15) is 0 Å². The van der Waals surface area contributed by atoms with E-state index in [0.29, 0.717) is 37.2 Å². The third-order valence-corrected chi connectivity index (χ3v) is 6.83. The van der Waals surface area contributed by atoms with Crippen molar-refractivity contribution in [3.8, 4) is 0 Å². The van der Waals surface area contributed by atoms with E-state index >= 15 is 0 Å². The van der Waals surface area contributed by atoms with E-state index in [4.69, 9.17) is 4.74 Å². The molecule has 0 radical (unpaired) electrons. The summed E-state index contributed by atoms with van der Waals surface area (Å²) in [6.07, 6.45) is 1.37. The fourth-order valence-corrected chi connectivity index (χ4v) is 4.83. The van der Waals surface area contributed by atoms with Crippen molar-refractivity contribution in [3.05, 3.63) is 53.6 Å². The summed E-state index contributed by atoms with van der Waals surface area (Å²) in [5, 5.41) is 9.75. The standard InChI is InChI=1S/C23H26N2O7S/c1-3-32-23(29)17-5-4-12-25(14-17)21-11-8-18(13-20(21)22(27)28)24-33(30,31)19-9-6-16(7-10-19)15(2)26/h6-11,13,17,24H,3-5,12,14H2,1-2H3,(H,27,28)/t17-/m1/s1. The van der Waals surface area contributed by atoms with Gasteiger partial charge in [0.05, 0.1) is 28.7 Å². The number of esters is 1. The zero-order chi connectivity index (χ0) is 24.2. The minimum absolute atomic E-state index is 0.0539. The van der Waals surface area contributed by atoms with Crippen molar-refractivity contribution in [3.63, 3.8) is 0 Å². The first kappa shape index (κ1) is 24.2. The first-order valence-electron chi connectivity index (χ1n) is 10.5. The topological polar surface area (TPSA) is 130 Å². The SMILES string of the molecule is CCOC(=O)[C@@H]1CCCN(c2ccc(NS(=O)(=O)c3ccc(C(C)=O)cc3)cc2C(=O)O)C1. The Hall–Kier alpha value is -3.40. The number of sulfonamides is 1. The number of Topliss-reactive ketones (excluding diaryl/α,β-unsaturated/α-hetero) is 1. The Morgan fingerprint density at radius 3 is 2.45 bits per heavy atom. The predicted octanol–water partition coefficient (Wildman–Crippen LogP) is 3.17. The molecule has 10 heteroatoms. The molecule has 2 N–H and O–H groups in total. The number of hydrogen-bond donors (Lipinski definition) is 2. The van der Waals surface area contributed by atoms with Gasteiger partial charge in [-0.05, 0) is 57.0 Å². The van der Waals surface area contributed by atoms with Crippen molar-refractivity contribution in [2.75, 3.05) is 29.3 Å². The number of carboxylic acid groups (broad SMARTS) is 1. The molecule has 33 heavy (non-hydrogen) atoms. The Balaban J connectivity index is 1.84. The second-order valence-electron chi connectivity index (χ2n) is 7.76. The van der Waals surface area contributed by atoms with Crippen LogP contribution in [0, 0.1) is 5.92 Å². The van der Waals surface area contributed by atoms with Crippen molar-refractivity contribution in [1.82, 2.24) is 0 Å². The molecule has 1 aliphatic rings. The molecule has 0 aliphatic carbocycles. The van der Waals surface area contributed by atoms with Crippen molar-refractivity contribution in [2.24, 2.45) is 5.92 Å². The molecule has 1 heterocycles. The summed E-state index contributed by atoms with van der Waals surface area (Å²) in [5.74, 6) is -2.05. The number of carbonyl (C=O) groups is 3. The quantitative estimate of drug-likeness (QED) is 0.441. The average Bonchev–Trinajstić information content (AvgIpc) is 2.79. The van der Waals surface area contributed by atoms with Gasteiger partial charge in [-0.15, -0.1) is 0 Å². The molecule has 1 fully saturated rings. The molecular weight excluding hydrogens is 448 g/mol. The molecule has 176 valence electrons. The number of ketones is 1. The van der Waals surface area contributed by atoms with Gasteiger partial charge in [-0.2, -0.15) is 0 Å². The number of anilines is 2. The van der Waals surface area contributed by atoms with Crippen LogP contribution in [0.4, 0.5) is 11.4 Å². The van der Waals surface area contributed by atoms with Crippen molar-refractivity contribution in [1.29, 1.82) is 0 Å². The van der Waals surface area contributed by atoms with Crippen LogP contribution in [-0.2, 0) is 19.6 Å². The molecule has 1 atom stereocenters. The maximum absolute atomic E-state index is 12.7. The fourth-order valence-electron chi connectivity index (χ4n) is 3.78. The Kier molecular flexibility index (Phi) is 7.37. The monoisotopic (exact) mass is 474 g/mol. The van der Waals surface area contributed by atoms with Gasteiger partial charge in [-0.1, -0.05) is 12.1 Å². The Labute approximate surface area is 192 Å². The number of nitrogens with one attached hydrogen (secondary N) is 1. The van der Waals surface area contributed by atoms with Gasteiger partial charge in [-0.25, -0.2) is 13.2 Å². The van der Waals surface area contributed by atoms with Crippen LogP contribution in [0.1, 0.15) is 47.4 Å². The number of carbonyl (C=O) groups excluding carboxylic acids is 2. The minimum atomic E-state index is -3.99. The predicted molar refractivity (Wildman–Crippen MR) is 122 cm³/mol. The highest BCUT2D eigenvalue weighted by atomic mass is 32.2. The van der Waals surface area contributed by atoms with Gasteiger partial charge < -0.3 is 14.7 Å². The van der Waals surface area contributed by atoms with Gasteiger partial charge in [0.25, 0.3) is 10.0 Å². The number of hydrogen-bond acceptors (Lipinski definition) is 7. The van der Waals surface area contributed by atoms with Crippen LogP contribution >= 0.6 is 0 Å². The van der Waals surface area contributed by atoms with Gasteiger partial charge in [0.15, 0.2) is 5.78 Å². The van der Waals surface area contributed by atoms with Crippen LogP contribution in [0.3, 0.4) is 0 Å². The number of ether oxygens (including phenoxy) is 1. The number of aromatic carboxylic acids is 1. The van der Waals surface area contributed by atoms with E-state index in [1.807, 2.05) is 4.90 Å². The molecule has 3 rings (SSSR count). The summed E-state index contributed by atoms with van der Waals surface area (Å²) in [6, 6.07) is 9.74. The summed E-state index contributed by atoms with van der Waals surface area (Å²) >= 11 is 0. The summed E-state index contributed by atoms with van der Waals surface area (Å²) in [6.45, 7) is 4.30. The zero-order valence-corrected chi connectivity index (χ0v) is 19.2. The van der Waals surface area contributed by atoms with E-state index in [1.165, 1.54) is 49.4 Å². The van der Waals surface area contributed by atoms with Gasteiger partial charge in [0.2, 0.25) is 0 Å². The molecule has 0 aromatic heterocycles. The number of nitrogens with zero attached hydrogens (tertiary/aromatic N) is 1. The second-order valence-corrected chi connectivity index (χ2v) is 9.44. The maximum Gasteiger partial charge on any atom is 0.337 e. The van der Waals surface area contributed by atoms with Gasteiger partial charge in [-0.3, -0.25) is 14.3 Å². The zero-order valence-electron chi connectivity index (χ0n) is 18.4. The van der Waals surface area contributed by atoms with Crippen molar-refractivity contribution >= 4 is 39.1 Å². The molecule has 0 amide bonds. The molecule has 0 bridgehead atoms. The summed E-state index contributed by atoms with van der Waals surface area (Å²) in [5.41, 5.74) is 0.803. The Morgan fingerprint density at radius 1 is 1.15 bits per heavy atom. The molecular formula is C23H26N2O7S. The lowest BCUT2D eigenvalue weighted by Crippen LogP contribution is -2.40. The molecule has 0 spiro atoms. The summed E-state index contributed by atoms with van der Waals surface area (Å²) < 4.78 is 32.9. The Bertz CT molecular complexity index is 1160. The van der Waals surface area contributed by atoms with E-state index in [2.05, 4.69) is 4.72 Å². The van der Waals surface area contributed by atoms with Crippen LogP contribution in [0.5, 0.6) is 0 Å². The van der Waals surface area contributed by atoms with Crippen LogP contribution in [-0.4, -0.2) is 50.9 Å². The van der Waals surface area contributed by atoms with Gasteiger partial charge >= 0.3 is 11.9 Å². The van der Waals surface area contributed by atoms with Crippen LogP contribution in [0.15, 0.2) is 47.4 Å². The van der Waals surface area contributed by atoms with E-state index < -0.39 is 16.0 Å². The highest BCUT2D eigenvalue weighted by molar-refractivity contribution is 7.92. The normalized spacial score (nSPS) is 16.2. The molecule has 9 nitrogen and oxygen atoms in total. The number of benzene rings is 2. The van der Waals surface area contributed by atoms with Crippen LogP contribution < -0.4 is 9.62 Å². The minimum Gasteiger partial charge on any atom is -0.478 e. The highest BCUT2D eigenvalue weighted by Crippen LogP contribution is 2.30. The average molecular weight is 475 g/mol. The molecule has 0 saturated carbocycles. The molecule has 0 unspecified atom stereocenters. The largest absolute Gasteiger partial charge is 0.478 e. The van der Waals surface area contributed by atoms with Crippen molar-refractivity contribution in [2.45, 2.75) is 31.6 Å². The molecule has 2 aromatic carbocycles. The lowest BCUT2D eigenvalue weighted by atomic mass is 9.97. The van der Waals surface area contributed by atoms with Crippen molar-refractivity contribution < 1.29 is 32.6 Å². The van der Waals surface area contributed by atoms with Crippen LogP contribution in [0.2, 0.25) is 0 Å². The maximum atomic E-state index is 12.7. The van der Waals surface area contributed by atoms with E-state index in [9.17, 15) is 27.9 Å². The fraction of sp³-hybridized carbons (Fsp3) is 0.348. The van der Waals surface area contributed by atoms with Gasteiger partial charge in [0, 0.05) is 24.3 Å². The van der Waals surface area contributed by atoms with Crippen LogP contribution in [0.25, 0.3) is 0 Å². The number of piperidine rings is 1. The first-order chi connectivity index (χ1) is 15.6. The van der Waals surface area contributed by atoms with E-state index in [-0.39, 0.29) is 40.4 Å². The third kappa shape index (κ3) is 5.70. The molecule has 1 aliphatic heterocycles. The van der Waals surface area contributed by atoms with E-state index in [0.717, 1.165) is 0 Å². The highest BCUT2D eigenvalue weighted by Gasteiger charge is 2.29. The first-order valence-corrected chi connectivity index (χ1v) is 12.0. The lowest BCUT2D eigenvalue weighted by Gasteiger charge is -2.34. The summed E-state index contributed by atoms with van der Waals surface area (Å²) in [7, 11) is -3.99. The number of carboxylic acids is 1. The van der Waals surface area contributed by atoms with E-state index in [1.54, 1.807) is 6.92 Å². The second kappa shape index (κ2) is 10.0. The smallest absolute Gasteiger partial charge is 0.337 e. The third-order valence-electron chi connectivity index (χ3n) is 5.43. The number of rotatable bonds is 8.